The molecule has 1 fully saturated rings. The van der Waals surface area contributed by atoms with E-state index in [0.29, 0.717) is 17.7 Å². The molecular formula is C23H26O7. The third-order valence-electron chi connectivity index (χ3n) is 4.72. The van der Waals surface area contributed by atoms with Gasteiger partial charge in [-0.1, -0.05) is 49.7 Å². The third kappa shape index (κ3) is 5.66. The quantitative estimate of drug-likeness (QED) is 0.498. The van der Waals surface area contributed by atoms with Crippen molar-refractivity contribution in [1.82, 2.24) is 0 Å². The first kappa shape index (κ1) is 22.0. The Kier molecular flexibility index (Phi) is 7.96. The highest BCUT2D eigenvalue weighted by Crippen LogP contribution is 2.27. The van der Waals surface area contributed by atoms with Crippen LogP contribution in [0.15, 0.2) is 60.7 Å². The van der Waals surface area contributed by atoms with Crippen LogP contribution in [0.3, 0.4) is 0 Å². The molecule has 0 aliphatic carbocycles. The van der Waals surface area contributed by atoms with Gasteiger partial charge < -0.3 is 24.1 Å². The first-order valence-electron chi connectivity index (χ1n) is 10.0. The molecular weight excluding hydrogens is 388 g/mol. The van der Waals surface area contributed by atoms with Gasteiger partial charge in [-0.3, -0.25) is 0 Å². The van der Waals surface area contributed by atoms with Crippen molar-refractivity contribution < 1.29 is 33.6 Å². The summed E-state index contributed by atoms with van der Waals surface area (Å²) in [6, 6.07) is 16.8. The van der Waals surface area contributed by atoms with E-state index in [-0.39, 0.29) is 6.61 Å². The molecule has 0 aromatic heterocycles. The maximum absolute atomic E-state index is 12.6. The summed E-state index contributed by atoms with van der Waals surface area (Å²) in [7, 11) is 0. The highest BCUT2D eigenvalue weighted by atomic mass is 16.7. The first-order chi connectivity index (χ1) is 14.6. The van der Waals surface area contributed by atoms with Gasteiger partial charge in [-0.2, -0.15) is 0 Å². The molecule has 0 amide bonds. The molecule has 1 heterocycles. The smallest absolute Gasteiger partial charge is 0.338 e. The van der Waals surface area contributed by atoms with E-state index in [2.05, 4.69) is 0 Å². The molecule has 0 radical (unpaired) electrons. The number of esters is 2. The molecule has 1 aliphatic heterocycles. The molecule has 30 heavy (non-hydrogen) atoms. The van der Waals surface area contributed by atoms with Crippen molar-refractivity contribution in [1.29, 1.82) is 0 Å². The Hall–Kier alpha value is -2.74. The SMILES string of the molecule is CCCCOCC1O[C@@H](O)[C@@H](OC(=O)c2ccccc2)C1OC(=O)c1ccccc1. The first-order valence-corrected chi connectivity index (χ1v) is 10.0. The van der Waals surface area contributed by atoms with E-state index in [4.69, 9.17) is 18.9 Å². The Bertz CT molecular complexity index is 809. The molecule has 3 rings (SSSR count). The summed E-state index contributed by atoms with van der Waals surface area (Å²) in [6.45, 7) is 2.66. The number of hydrogen-bond acceptors (Lipinski definition) is 7. The number of unbranched alkanes of at least 4 members (excludes halogenated alkanes) is 1. The summed E-state index contributed by atoms with van der Waals surface area (Å²) in [6.07, 6.45) is -2.55. The van der Waals surface area contributed by atoms with E-state index in [1.165, 1.54) is 0 Å². The Morgan fingerprint density at radius 3 is 1.97 bits per heavy atom. The van der Waals surface area contributed by atoms with Gasteiger partial charge in [0.15, 0.2) is 18.5 Å². The molecule has 7 nitrogen and oxygen atoms in total. The molecule has 160 valence electrons. The summed E-state index contributed by atoms with van der Waals surface area (Å²) in [5.74, 6) is -1.24. The average Bonchev–Trinajstić information content (AvgIpc) is 3.06. The third-order valence-corrected chi connectivity index (χ3v) is 4.72. The van der Waals surface area contributed by atoms with Crippen LogP contribution in [-0.4, -0.2) is 54.9 Å². The Labute approximate surface area is 175 Å². The monoisotopic (exact) mass is 414 g/mol. The molecule has 1 saturated heterocycles. The molecule has 1 aliphatic rings. The second-order valence-corrected chi connectivity index (χ2v) is 6.97. The molecule has 2 unspecified atom stereocenters. The van der Waals surface area contributed by atoms with Crippen molar-refractivity contribution >= 4 is 11.9 Å². The van der Waals surface area contributed by atoms with Gasteiger partial charge in [0.1, 0.15) is 6.10 Å². The lowest BCUT2D eigenvalue weighted by atomic mass is 10.1. The number of rotatable bonds is 9. The minimum absolute atomic E-state index is 0.100. The fourth-order valence-corrected chi connectivity index (χ4v) is 3.09. The molecule has 1 N–H and O–H groups in total. The Morgan fingerprint density at radius 1 is 0.900 bits per heavy atom. The van der Waals surface area contributed by atoms with E-state index >= 15 is 0 Å². The zero-order valence-corrected chi connectivity index (χ0v) is 16.8. The van der Waals surface area contributed by atoms with Gasteiger partial charge >= 0.3 is 11.9 Å². The Morgan fingerprint density at radius 2 is 1.43 bits per heavy atom. The van der Waals surface area contributed by atoms with Gasteiger partial charge in [0.2, 0.25) is 0 Å². The predicted molar refractivity (Wildman–Crippen MR) is 108 cm³/mol. The van der Waals surface area contributed by atoms with Crippen LogP contribution in [0.25, 0.3) is 0 Å². The van der Waals surface area contributed by atoms with Gasteiger partial charge in [-0.15, -0.1) is 0 Å². The maximum Gasteiger partial charge on any atom is 0.338 e. The summed E-state index contributed by atoms with van der Waals surface area (Å²) in [5, 5.41) is 10.4. The highest BCUT2D eigenvalue weighted by Gasteiger charge is 2.49. The van der Waals surface area contributed by atoms with Gasteiger partial charge in [0.05, 0.1) is 17.7 Å². The minimum atomic E-state index is -1.44. The zero-order valence-electron chi connectivity index (χ0n) is 16.8. The number of carbonyl (C=O) groups excluding carboxylic acids is 2. The van der Waals surface area contributed by atoms with Gasteiger partial charge in [-0.25, -0.2) is 9.59 Å². The van der Waals surface area contributed by atoms with Crippen LogP contribution in [0.2, 0.25) is 0 Å². The number of benzene rings is 2. The molecule has 0 spiro atoms. The van der Waals surface area contributed by atoms with Gasteiger partial charge in [0, 0.05) is 6.61 Å². The molecule has 0 saturated carbocycles. The van der Waals surface area contributed by atoms with Gasteiger partial charge in [-0.05, 0) is 30.7 Å². The largest absolute Gasteiger partial charge is 0.452 e. The van der Waals surface area contributed by atoms with Crippen LogP contribution in [0, 0.1) is 0 Å². The van der Waals surface area contributed by atoms with Crippen LogP contribution < -0.4 is 0 Å². The molecule has 7 heteroatoms. The standard InChI is InChI=1S/C23H26O7/c1-2-3-14-27-15-18-19(29-21(24)16-10-6-4-7-11-16)20(23(26)28-18)30-22(25)17-12-8-5-9-13-17/h4-13,18-20,23,26H,2-3,14-15H2,1H3/t18?,19?,20-,23+/m0/s1. The van der Waals surface area contributed by atoms with E-state index in [1.807, 2.05) is 6.92 Å². The fraction of sp³-hybridized carbons (Fsp3) is 0.391. The van der Waals surface area contributed by atoms with Crippen LogP contribution in [0.1, 0.15) is 40.5 Å². The highest BCUT2D eigenvalue weighted by molar-refractivity contribution is 5.90. The van der Waals surface area contributed by atoms with Crippen LogP contribution in [0.4, 0.5) is 0 Å². The lowest BCUT2D eigenvalue weighted by Gasteiger charge is -2.23. The number of hydrogen-bond donors (Lipinski definition) is 1. The van der Waals surface area contributed by atoms with E-state index in [1.54, 1.807) is 60.7 Å². The molecule has 2 aromatic rings. The Balaban J connectivity index is 1.74. The second-order valence-electron chi connectivity index (χ2n) is 6.97. The minimum Gasteiger partial charge on any atom is -0.452 e. The number of ether oxygens (including phenoxy) is 4. The fourth-order valence-electron chi connectivity index (χ4n) is 3.09. The topological polar surface area (TPSA) is 91.3 Å². The summed E-state index contributed by atoms with van der Waals surface area (Å²) >= 11 is 0. The average molecular weight is 414 g/mol. The zero-order chi connectivity index (χ0) is 21.3. The summed E-state index contributed by atoms with van der Waals surface area (Å²) in [5.41, 5.74) is 0.665. The van der Waals surface area contributed by atoms with Crippen molar-refractivity contribution in [2.75, 3.05) is 13.2 Å². The van der Waals surface area contributed by atoms with Crippen molar-refractivity contribution in [2.45, 2.75) is 44.4 Å². The number of aliphatic hydroxyl groups excluding tert-OH is 1. The van der Waals surface area contributed by atoms with Crippen molar-refractivity contribution in [3.8, 4) is 0 Å². The maximum atomic E-state index is 12.6. The summed E-state index contributed by atoms with van der Waals surface area (Å²) < 4.78 is 22.2. The van der Waals surface area contributed by atoms with Gasteiger partial charge in [0.25, 0.3) is 0 Å². The van der Waals surface area contributed by atoms with Crippen LogP contribution in [0.5, 0.6) is 0 Å². The second kappa shape index (κ2) is 10.9. The van der Waals surface area contributed by atoms with Crippen molar-refractivity contribution in [3.63, 3.8) is 0 Å². The lowest BCUT2D eigenvalue weighted by molar-refractivity contribution is -0.138. The van der Waals surface area contributed by atoms with Crippen LogP contribution >= 0.6 is 0 Å². The van der Waals surface area contributed by atoms with E-state index < -0.39 is 36.5 Å². The van der Waals surface area contributed by atoms with E-state index in [0.717, 1.165) is 12.8 Å². The summed E-state index contributed by atoms with van der Waals surface area (Å²) in [4.78, 5) is 25.1. The number of carbonyl (C=O) groups is 2. The van der Waals surface area contributed by atoms with Crippen LogP contribution in [-0.2, 0) is 18.9 Å². The molecule has 0 bridgehead atoms. The van der Waals surface area contributed by atoms with Crippen molar-refractivity contribution in [3.05, 3.63) is 71.8 Å². The van der Waals surface area contributed by atoms with E-state index in [9.17, 15) is 14.7 Å². The molecule has 4 atom stereocenters. The normalized spacial score (nSPS) is 23.1. The van der Waals surface area contributed by atoms with Crippen molar-refractivity contribution in [2.24, 2.45) is 0 Å². The molecule has 2 aromatic carbocycles. The number of aliphatic hydroxyl groups is 1. The predicted octanol–water partition coefficient (Wildman–Crippen LogP) is 2.97. The lowest BCUT2D eigenvalue weighted by Crippen LogP contribution is -2.41.